The van der Waals surface area contributed by atoms with Crippen LogP contribution in [-0.4, -0.2) is 85.3 Å². The summed E-state index contributed by atoms with van der Waals surface area (Å²) in [6.07, 6.45) is 6.73. The van der Waals surface area contributed by atoms with Crippen molar-refractivity contribution in [1.29, 1.82) is 5.26 Å². The lowest BCUT2D eigenvalue weighted by Gasteiger charge is -2.41. The van der Waals surface area contributed by atoms with E-state index in [9.17, 15) is 14.9 Å². The van der Waals surface area contributed by atoms with Crippen LogP contribution in [0.15, 0.2) is 35.3 Å². The summed E-state index contributed by atoms with van der Waals surface area (Å²) < 4.78 is 10.6. The lowest BCUT2D eigenvalue weighted by molar-refractivity contribution is -0.124. The highest BCUT2D eigenvalue weighted by Gasteiger charge is 2.39. The highest BCUT2D eigenvalue weighted by molar-refractivity contribution is 5.96. The molecule has 0 aromatic heterocycles. The average molecular weight is 567 g/mol. The summed E-state index contributed by atoms with van der Waals surface area (Å²) in [5.41, 5.74) is 0.297. The molecule has 1 saturated carbocycles. The second-order valence-corrected chi connectivity index (χ2v) is 11.5. The summed E-state index contributed by atoms with van der Waals surface area (Å²) in [6.45, 7) is 7.73. The smallest absolute Gasteiger partial charge is 0.413 e. The van der Waals surface area contributed by atoms with Crippen molar-refractivity contribution in [3.8, 4) is 6.07 Å². The van der Waals surface area contributed by atoms with Gasteiger partial charge in [-0.3, -0.25) is 15.0 Å². The van der Waals surface area contributed by atoms with E-state index in [1.165, 1.54) is 12.0 Å². The summed E-state index contributed by atoms with van der Waals surface area (Å²) in [6, 6.07) is 12.3. The zero-order chi connectivity index (χ0) is 29.1. The van der Waals surface area contributed by atoms with Crippen molar-refractivity contribution in [2.45, 2.75) is 82.8 Å². The number of rotatable bonds is 8. The Balaban J connectivity index is 1.51. The summed E-state index contributed by atoms with van der Waals surface area (Å²) in [5.74, 6) is 0.460. The van der Waals surface area contributed by atoms with Crippen molar-refractivity contribution in [2.24, 2.45) is 10.9 Å². The minimum absolute atomic E-state index is 0.234. The molecular weight excluding hydrogens is 520 g/mol. The molecule has 2 atom stereocenters. The van der Waals surface area contributed by atoms with Gasteiger partial charge < -0.3 is 19.7 Å². The van der Waals surface area contributed by atoms with Crippen LogP contribution in [0.2, 0.25) is 0 Å². The minimum atomic E-state index is -0.946. The largest absolute Gasteiger partial charge is 0.450 e. The number of nitrogens with one attached hydrogen (secondary N) is 2. The van der Waals surface area contributed by atoms with Gasteiger partial charge in [-0.05, 0) is 44.6 Å². The molecular formula is C31H46N6O4. The molecule has 1 aromatic rings. The molecule has 0 bridgehead atoms. The number of nitrogens with zero attached hydrogens (tertiary/aromatic N) is 4. The third kappa shape index (κ3) is 8.66. The molecule has 10 nitrogen and oxygen atoms in total. The van der Waals surface area contributed by atoms with Crippen LogP contribution in [0, 0.1) is 17.2 Å². The number of piperidine rings is 1. The van der Waals surface area contributed by atoms with Gasteiger partial charge in [0.2, 0.25) is 11.9 Å². The van der Waals surface area contributed by atoms with E-state index >= 15 is 0 Å². The lowest BCUT2D eigenvalue weighted by Crippen LogP contribution is -2.57. The van der Waals surface area contributed by atoms with Crippen LogP contribution < -0.4 is 10.6 Å². The van der Waals surface area contributed by atoms with E-state index in [1.54, 1.807) is 6.92 Å². The van der Waals surface area contributed by atoms with Crippen LogP contribution in [0.5, 0.6) is 0 Å². The number of morpholine rings is 1. The molecule has 2 N–H and O–H groups in total. The van der Waals surface area contributed by atoms with Gasteiger partial charge in [-0.15, -0.1) is 0 Å². The van der Waals surface area contributed by atoms with E-state index in [1.807, 2.05) is 23.1 Å². The SMILES string of the molecule is CCOC(=O)NC(=NC(CC1CCCCC1)C(=O)NC1(C#N)CCN(C(C)c2ccccc2)CC1)N1CCOCC1. The van der Waals surface area contributed by atoms with Gasteiger partial charge in [-0.2, -0.15) is 5.26 Å². The summed E-state index contributed by atoms with van der Waals surface area (Å²) in [4.78, 5) is 35.5. The van der Waals surface area contributed by atoms with Crippen molar-refractivity contribution in [1.82, 2.24) is 20.4 Å². The maximum Gasteiger partial charge on any atom is 0.413 e. The lowest BCUT2D eigenvalue weighted by atomic mass is 9.84. The number of carbonyl (C=O) groups is 2. The number of aliphatic imine (C=N–C) groups is 1. The Labute approximate surface area is 244 Å². The Kier molecular flexibility index (Phi) is 11.4. The van der Waals surface area contributed by atoms with Crippen molar-refractivity contribution >= 4 is 18.0 Å². The van der Waals surface area contributed by atoms with Crippen LogP contribution in [0.1, 0.15) is 76.8 Å². The van der Waals surface area contributed by atoms with E-state index in [-0.39, 0.29) is 18.6 Å². The number of carbonyl (C=O) groups excluding carboxylic acids is 2. The molecule has 2 saturated heterocycles. The fourth-order valence-electron chi connectivity index (χ4n) is 6.15. The Morgan fingerprint density at radius 2 is 1.80 bits per heavy atom. The quantitative estimate of drug-likeness (QED) is 0.361. The van der Waals surface area contributed by atoms with Crippen LogP contribution in [-0.2, 0) is 14.3 Å². The van der Waals surface area contributed by atoms with Gasteiger partial charge in [-0.1, -0.05) is 62.4 Å². The second kappa shape index (κ2) is 15.2. The molecule has 0 radical (unpaired) electrons. The van der Waals surface area contributed by atoms with Gasteiger partial charge >= 0.3 is 6.09 Å². The maximum atomic E-state index is 13.9. The topological polar surface area (TPSA) is 119 Å². The van der Waals surface area contributed by atoms with Gasteiger partial charge in [-0.25, -0.2) is 9.79 Å². The monoisotopic (exact) mass is 566 g/mol. The standard InChI is InChI=1S/C31H46N6O4/c1-3-41-30(39)34-29(37-18-20-40-21-19-37)33-27(22-25-10-6-4-7-11-25)28(38)35-31(23-32)14-16-36(17-15-31)24(2)26-12-8-5-9-13-26/h5,8-9,12-13,24-25,27H,3-4,6-7,10-11,14-22H2,1-2H3,(H,35,38)(H,33,34,39). The summed E-state index contributed by atoms with van der Waals surface area (Å²) in [5, 5.41) is 16.2. The minimum Gasteiger partial charge on any atom is -0.450 e. The highest BCUT2D eigenvalue weighted by Crippen LogP contribution is 2.31. The van der Waals surface area contributed by atoms with E-state index in [2.05, 4.69) is 40.7 Å². The summed E-state index contributed by atoms with van der Waals surface area (Å²) in [7, 11) is 0. The third-order valence-corrected chi connectivity index (χ3v) is 8.72. The molecule has 2 amide bonds. The molecule has 2 unspecified atom stereocenters. The zero-order valence-electron chi connectivity index (χ0n) is 24.6. The molecule has 2 aliphatic heterocycles. The van der Waals surface area contributed by atoms with Crippen molar-refractivity contribution in [3.05, 3.63) is 35.9 Å². The average Bonchev–Trinajstić information content (AvgIpc) is 3.02. The molecule has 4 rings (SSSR count). The summed E-state index contributed by atoms with van der Waals surface area (Å²) >= 11 is 0. The predicted molar refractivity (Wildman–Crippen MR) is 157 cm³/mol. The predicted octanol–water partition coefficient (Wildman–Crippen LogP) is 4.00. The molecule has 2 heterocycles. The number of benzene rings is 1. The zero-order valence-corrected chi connectivity index (χ0v) is 24.6. The molecule has 0 spiro atoms. The molecule has 224 valence electrons. The molecule has 41 heavy (non-hydrogen) atoms. The van der Waals surface area contributed by atoms with Crippen LogP contribution in [0.25, 0.3) is 0 Å². The first-order chi connectivity index (χ1) is 19.9. The number of guanidine groups is 1. The number of hydrogen-bond donors (Lipinski definition) is 2. The Morgan fingerprint density at radius 1 is 1.12 bits per heavy atom. The third-order valence-electron chi connectivity index (χ3n) is 8.72. The van der Waals surface area contributed by atoms with Crippen LogP contribution >= 0.6 is 0 Å². The van der Waals surface area contributed by atoms with Gasteiger partial charge in [0.05, 0.1) is 25.9 Å². The number of alkyl carbamates (subject to hydrolysis) is 1. The van der Waals surface area contributed by atoms with E-state index in [4.69, 9.17) is 14.5 Å². The van der Waals surface area contributed by atoms with Gasteiger partial charge in [0.15, 0.2) is 0 Å². The molecule has 3 fully saturated rings. The first-order valence-electron chi connectivity index (χ1n) is 15.3. The normalized spacial score (nSPS) is 21.8. The Bertz CT molecular complexity index is 1050. The first-order valence-corrected chi connectivity index (χ1v) is 15.3. The molecule has 3 aliphatic rings. The highest BCUT2D eigenvalue weighted by atomic mass is 16.5. The van der Waals surface area contributed by atoms with Gasteiger partial charge in [0, 0.05) is 32.2 Å². The molecule has 10 heteroatoms. The Morgan fingerprint density at radius 3 is 2.44 bits per heavy atom. The molecule has 1 aliphatic carbocycles. The van der Waals surface area contributed by atoms with E-state index < -0.39 is 17.7 Å². The fraction of sp³-hybridized carbons (Fsp3) is 0.677. The van der Waals surface area contributed by atoms with Gasteiger partial charge in [0.1, 0.15) is 11.6 Å². The van der Waals surface area contributed by atoms with Crippen molar-refractivity contribution < 1.29 is 19.1 Å². The van der Waals surface area contributed by atoms with Crippen molar-refractivity contribution in [2.75, 3.05) is 46.0 Å². The number of nitriles is 1. The number of likely N-dealkylation sites (tertiary alicyclic amines) is 1. The van der Waals surface area contributed by atoms with Crippen LogP contribution in [0.3, 0.4) is 0 Å². The van der Waals surface area contributed by atoms with E-state index in [0.29, 0.717) is 70.5 Å². The number of amides is 2. The fourth-order valence-corrected chi connectivity index (χ4v) is 6.15. The number of ether oxygens (including phenoxy) is 2. The second-order valence-electron chi connectivity index (χ2n) is 11.5. The van der Waals surface area contributed by atoms with Gasteiger partial charge in [0.25, 0.3) is 0 Å². The number of hydrogen-bond acceptors (Lipinski definition) is 7. The first kappa shape index (κ1) is 30.8. The van der Waals surface area contributed by atoms with Crippen molar-refractivity contribution in [3.63, 3.8) is 0 Å². The molecule has 1 aromatic carbocycles. The van der Waals surface area contributed by atoms with E-state index in [0.717, 1.165) is 25.7 Å². The Hall–Kier alpha value is -3.16. The van der Waals surface area contributed by atoms with Crippen LogP contribution in [0.4, 0.5) is 4.79 Å². The maximum absolute atomic E-state index is 13.9.